The van der Waals surface area contributed by atoms with Crippen LogP contribution in [0.25, 0.3) is 0 Å². The third kappa shape index (κ3) is 5.15. The van der Waals surface area contributed by atoms with Crippen molar-refractivity contribution >= 4 is 41.2 Å². The molecular weight excluding hydrogens is 364 g/mol. The summed E-state index contributed by atoms with van der Waals surface area (Å²) < 4.78 is 1.42. The second-order valence-electron chi connectivity index (χ2n) is 5.23. The lowest BCUT2D eigenvalue weighted by atomic mass is 10.1. The monoisotopic (exact) mass is 384 g/mol. The Labute approximate surface area is 155 Å². The molecule has 0 saturated carbocycles. The average Bonchev–Trinajstić information content (AvgIpc) is 2.79. The number of thiazole rings is 1. The summed E-state index contributed by atoms with van der Waals surface area (Å²) in [7, 11) is 0. The molecule has 0 bridgehead atoms. The lowest BCUT2D eigenvalue weighted by Gasteiger charge is -2.11. The van der Waals surface area contributed by atoms with Crippen molar-refractivity contribution in [1.29, 1.82) is 0 Å². The van der Waals surface area contributed by atoms with Crippen molar-refractivity contribution in [1.82, 2.24) is 9.88 Å². The Balaban J connectivity index is 0.00000312. The number of halogens is 1. The smallest absolute Gasteiger partial charge is 0.308 e. The Kier molecular flexibility index (Phi) is 7.82. The molecule has 0 radical (unpaired) electrons. The highest BCUT2D eigenvalue weighted by Crippen LogP contribution is 2.15. The maximum Gasteiger partial charge on any atom is 0.308 e. The molecule has 0 unspecified atom stereocenters. The van der Waals surface area contributed by atoms with Crippen LogP contribution in [0.2, 0.25) is 0 Å². The van der Waals surface area contributed by atoms with E-state index in [4.69, 9.17) is 5.73 Å². The SMILES string of the molecule is Cc1sc(=O)n(CC(=O)Nc2ccccc2C(=O)NCCN)c1C.Cl. The Morgan fingerprint density at radius 2 is 1.92 bits per heavy atom. The van der Waals surface area contributed by atoms with Gasteiger partial charge < -0.3 is 16.4 Å². The summed E-state index contributed by atoms with van der Waals surface area (Å²) in [5.41, 5.74) is 6.90. The highest BCUT2D eigenvalue weighted by molar-refractivity contribution is 7.09. The van der Waals surface area contributed by atoms with E-state index in [1.54, 1.807) is 31.2 Å². The number of para-hydroxylation sites is 1. The normalized spacial score (nSPS) is 10.0. The molecule has 1 heterocycles. The quantitative estimate of drug-likeness (QED) is 0.697. The molecule has 0 fully saturated rings. The van der Waals surface area contributed by atoms with Crippen molar-refractivity contribution < 1.29 is 9.59 Å². The van der Waals surface area contributed by atoms with Gasteiger partial charge in [-0.15, -0.1) is 12.4 Å². The van der Waals surface area contributed by atoms with Crippen LogP contribution in [-0.2, 0) is 11.3 Å². The molecule has 7 nitrogen and oxygen atoms in total. The molecule has 0 spiro atoms. The van der Waals surface area contributed by atoms with Crippen LogP contribution in [0.3, 0.4) is 0 Å². The molecular formula is C16H21ClN4O3S. The van der Waals surface area contributed by atoms with Crippen LogP contribution in [0.15, 0.2) is 29.1 Å². The second kappa shape index (κ2) is 9.36. The molecule has 0 atom stereocenters. The molecule has 1 aromatic heterocycles. The highest BCUT2D eigenvalue weighted by Gasteiger charge is 2.15. The average molecular weight is 385 g/mol. The molecule has 1 aromatic carbocycles. The van der Waals surface area contributed by atoms with E-state index >= 15 is 0 Å². The number of benzene rings is 1. The fourth-order valence-corrected chi connectivity index (χ4v) is 3.01. The molecule has 2 rings (SSSR count). The van der Waals surface area contributed by atoms with Crippen LogP contribution < -0.4 is 21.2 Å². The molecule has 0 saturated heterocycles. The number of nitrogens with zero attached hydrogens (tertiary/aromatic N) is 1. The number of anilines is 1. The largest absolute Gasteiger partial charge is 0.351 e. The number of aromatic nitrogens is 1. The first-order chi connectivity index (χ1) is 11.4. The van der Waals surface area contributed by atoms with Crippen LogP contribution in [0.5, 0.6) is 0 Å². The zero-order chi connectivity index (χ0) is 17.7. The van der Waals surface area contributed by atoms with Crippen molar-refractivity contribution in [2.24, 2.45) is 5.73 Å². The van der Waals surface area contributed by atoms with Crippen molar-refractivity contribution in [3.8, 4) is 0 Å². The van der Waals surface area contributed by atoms with Crippen molar-refractivity contribution in [2.75, 3.05) is 18.4 Å². The van der Waals surface area contributed by atoms with E-state index in [-0.39, 0.29) is 35.6 Å². The number of nitrogens with two attached hydrogens (primary N) is 1. The van der Waals surface area contributed by atoms with Crippen LogP contribution in [-0.4, -0.2) is 29.5 Å². The van der Waals surface area contributed by atoms with Gasteiger partial charge in [0.25, 0.3) is 5.91 Å². The van der Waals surface area contributed by atoms with E-state index in [0.29, 0.717) is 24.3 Å². The maximum absolute atomic E-state index is 12.3. The van der Waals surface area contributed by atoms with Crippen LogP contribution in [0, 0.1) is 13.8 Å². The molecule has 9 heteroatoms. The number of hydrogen-bond acceptors (Lipinski definition) is 5. The molecule has 0 aliphatic rings. The van der Waals surface area contributed by atoms with Gasteiger partial charge in [0.15, 0.2) is 0 Å². The number of rotatable bonds is 6. The first-order valence-corrected chi connectivity index (χ1v) is 8.29. The molecule has 136 valence electrons. The molecule has 0 aliphatic carbocycles. The number of aryl methyl sites for hydroxylation is 1. The lowest BCUT2D eigenvalue weighted by molar-refractivity contribution is -0.116. The van der Waals surface area contributed by atoms with E-state index in [1.165, 1.54) is 4.57 Å². The van der Waals surface area contributed by atoms with E-state index in [0.717, 1.165) is 21.9 Å². The van der Waals surface area contributed by atoms with Crippen molar-refractivity contribution in [2.45, 2.75) is 20.4 Å². The minimum absolute atomic E-state index is 0. The summed E-state index contributed by atoms with van der Waals surface area (Å²) in [6.07, 6.45) is 0. The van der Waals surface area contributed by atoms with Gasteiger partial charge in [0, 0.05) is 23.7 Å². The zero-order valence-electron chi connectivity index (χ0n) is 14.0. The minimum Gasteiger partial charge on any atom is -0.351 e. The van der Waals surface area contributed by atoms with Gasteiger partial charge >= 0.3 is 4.87 Å². The molecule has 2 aromatic rings. The van der Waals surface area contributed by atoms with E-state index in [1.807, 2.05) is 6.92 Å². The van der Waals surface area contributed by atoms with E-state index < -0.39 is 0 Å². The molecule has 25 heavy (non-hydrogen) atoms. The molecule has 0 aliphatic heterocycles. The van der Waals surface area contributed by atoms with Gasteiger partial charge in [0.1, 0.15) is 6.54 Å². The van der Waals surface area contributed by atoms with Crippen LogP contribution >= 0.6 is 23.7 Å². The number of carbonyl (C=O) groups excluding carboxylic acids is 2. The Morgan fingerprint density at radius 3 is 2.52 bits per heavy atom. The van der Waals surface area contributed by atoms with Crippen molar-refractivity contribution in [3.63, 3.8) is 0 Å². The van der Waals surface area contributed by atoms with E-state index in [9.17, 15) is 14.4 Å². The van der Waals surface area contributed by atoms with Gasteiger partial charge in [-0.3, -0.25) is 19.0 Å². The predicted molar refractivity (Wildman–Crippen MR) is 102 cm³/mol. The third-order valence-electron chi connectivity index (χ3n) is 3.55. The highest BCUT2D eigenvalue weighted by atomic mass is 35.5. The maximum atomic E-state index is 12.3. The fourth-order valence-electron chi connectivity index (χ4n) is 2.17. The van der Waals surface area contributed by atoms with Gasteiger partial charge in [-0.25, -0.2) is 0 Å². The Bertz CT molecular complexity index is 816. The summed E-state index contributed by atoms with van der Waals surface area (Å²) in [5.74, 6) is -0.673. The summed E-state index contributed by atoms with van der Waals surface area (Å²) >= 11 is 1.11. The minimum atomic E-state index is -0.364. The summed E-state index contributed by atoms with van der Waals surface area (Å²) in [6.45, 7) is 4.24. The number of carbonyl (C=O) groups is 2. The first kappa shape index (κ1) is 20.9. The standard InChI is InChI=1S/C16H20N4O3S.ClH/c1-10-11(2)24-16(23)20(10)9-14(21)19-13-6-4-3-5-12(13)15(22)18-8-7-17;/h3-6H,7-9,17H2,1-2H3,(H,18,22)(H,19,21);1H. The number of amides is 2. The van der Waals surface area contributed by atoms with Crippen molar-refractivity contribution in [3.05, 3.63) is 50.1 Å². The van der Waals surface area contributed by atoms with Gasteiger partial charge in [-0.2, -0.15) is 0 Å². The Morgan fingerprint density at radius 1 is 1.24 bits per heavy atom. The lowest BCUT2D eigenvalue weighted by Crippen LogP contribution is -2.30. The zero-order valence-corrected chi connectivity index (χ0v) is 15.6. The number of hydrogen-bond donors (Lipinski definition) is 3. The topological polar surface area (TPSA) is 106 Å². The summed E-state index contributed by atoms with van der Waals surface area (Å²) in [6, 6.07) is 6.70. The third-order valence-corrected chi connectivity index (χ3v) is 4.55. The van der Waals surface area contributed by atoms with Gasteiger partial charge in [0.05, 0.1) is 11.3 Å². The van der Waals surface area contributed by atoms with Gasteiger partial charge in [-0.1, -0.05) is 23.5 Å². The summed E-state index contributed by atoms with van der Waals surface area (Å²) in [4.78, 5) is 37.0. The number of nitrogens with one attached hydrogen (secondary N) is 2. The molecule has 2 amide bonds. The van der Waals surface area contributed by atoms with Crippen LogP contribution in [0.4, 0.5) is 5.69 Å². The fraction of sp³-hybridized carbons (Fsp3) is 0.312. The van der Waals surface area contributed by atoms with Gasteiger partial charge in [-0.05, 0) is 26.0 Å². The van der Waals surface area contributed by atoms with E-state index in [2.05, 4.69) is 10.6 Å². The first-order valence-electron chi connectivity index (χ1n) is 7.48. The van der Waals surface area contributed by atoms with Gasteiger partial charge in [0.2, 0.25) is 5.91 Å². The second-order valence-corrected chi connectivity index (χ2v) is 6.40. The summed E-state index contributed by atoms with van der Waals surface area (Å²) in [5, 5.41) is 5.36. The predicted octanol–water partition coefficient (Wildman–Crippen LogP) is 1.28. The van der Waals surface area contributed by atoms with Crippen LogP contribution in [0.1, 0.15) is 20.9 Å². The Hall–Kier alpha value is -2.16. The molecule has 4 N–H and O–H groups in total.